The van der Waals surface area contributed by atoms with Crippen LogP contribution in [-0.2, 0) is 9.53 Å². The average Bonchev–Trinajstić information content (AvgIpc) is 2.96. The van der Waals surface area contributed by atoms with E-state index in [1.165, 1.54) is 6.92 Å². The van der Waals surface area contributed by atoms with Gasteiger partial charge >= 0.3 is 6.09 Å². The van der Waals surface area contributed by atoms with Crippen molar-refractivity contribution in [3.8, 4) is 16.9 Å². The predicted octanol–water partition coefficient (Wildman–Crippen LogP) is 1.55. The van der Waals surface area contributed by atoms with Crippen LogP contribution in [-0.4, -0.2) is 42.3 Å². The van der Waals surface area contributed by atoms with Gasteiger partial charge in [0.15, 0.2) is 0 Å². The van der Waals surface area contributed by atoms with Gasteiger partial charge in [0.05, 0.1) is 12.2 Å². The van der Waals surface area contributed by atoms with Crippen molar-refractivity contribution in [2.45, 2.75) is 19.1 Å². The summed E-state index contributed by atoms with van der Waals surface area (Å²) in [6.07, 6.45) is 0.813. The van der Waals surface area contributed by atoms with Crippen LogP contribution in [0.3, 0.4) is 0 Å². The van der Waals surface area contributed by atoms with Crippen LogP contribution >= 0.6 is 0 Å². The number of hydrogen-bond donors (Lipinski definition) is 2. The molecule has 2 amide bonds. The lowest BCUT2D eigenvalue weighted by Gasteiger charge is -2.31. The Bertz CT molecular complexity index is 868. The lowest BCUT2D eigenvalue weighted by molar-refractivity contribution is -0.119. The number of amides is 2. The van der Waals surface area contributed by atoms with Gasteiger partial charge in [0.25, 0.3) is 0 Å². The number of cyclic esters (lactones) is 1. The quantitative estimate of drug-likeness (QED) is 0.866. The molecule has 1 aromatic carbocycles. The van der Waals surface area contributed by atoms with Crippen molar-refractivity contribution in [3.63, 3.8) is 0 Å². The van der Waals surface area contributed by atoms with Crippen LogP contribution in [0.4, 0.5) is 16.3 Å². The zero-order valence-corrected chi connectivity index (χ0v) is 14.1. The minimum Gasteiger partial charge on any atom is -0.489 e. The molecule has 2 aliphatic heterocycles. The van der Waals surface area contributed by atoms with Crippen molar-refractivity contribution < 1.29 is 19.1 Å². The summed E-state index contributed by atoms with van der Waals surface area (Å²) in [5, 5.41) is 2.68. The first-order chi connectivity index (χ1) is 12.5. The molecule has 8 heteroatoms. The van der Waals surface area contributed by atoms with Crippen LogP contribution in [0.1, 0.15) is 6.92 Å². The molecule has 0 aliphatic carbocycles. The summed E-state index contributed by atoms with van der Waals surface area (Å²) >= 11 is 0. The number of nitrogens with zero attached hydrogens (tertiary/aromatic N) is 2. The summed E-state index contributed by atoms with van der Waals surface area (Å²) in [4.78, 5) is 29.1. The van der Waals surface area contributed by atoms with E-state index in [9.17, 15) is 9.59 Å². The lowest BCUT2D eigenvalue weighted by atomic mass is 10.0. The molecule has 0 radical (unpaired) electrons. The fourth-order valence-electron chi connectivity index (χ4n) is 3.21. The zero-order chi connectivity index (χ0) is 18.3. The van der Waals surface area contributed by atoms with E-state index in [1.54, 1.807) is 17.2 Å². The molecular weight excluding hydrogens is 336 g/mol. The van der Waals surface area contributed by atoms with Crippen molar-refractivity contribution in [2.24, 2.45) is 0 Å². The van der Waals surface area contributed by atoms with Gasteiger partial charge in [-0.1, -0.05) is 6.07 Å². The van der Waals surface area contributed by atoms with Crippen LogP contribution in [0.5, 0.6) is 5.75 Å². The molecule has 1 aromatic heterocycles. The summed E-state index contributed by atoms with van der Waals surface area (Å²) in [5.41, 5.74) is 8.10. The number of rotatable bonds is 3. The van der Waals surface area contributed by atoms with Gasteiger partial charge in [-0.3, -0.25) is 9.69 Å². The highest BCUT2D eigenvalue weighted by Gasteiger charge is 2.46. The highest BCUT2D eigenvalue weighted by atomic mass is 16.6. The number of hydrogen-bond acceptors (Lipinski definition) is 6. The third-order valence-corrected chi connectivity index (χ3v) is 4.51. The molecule has 3 heterocycles. The lowest BCUT2D eigenvalue weighted by Crippen LogP contribution is -2.47. The van der Waals surface area contributed by atoms with Crippen molar-refractivity contribution in [1.82, 2.24) is 10.3 Å². The van der Waals surface area contributed by atoms with E-state index < -0.39 is 12.2 Å². The third-order valence-electron chi connectivity index (χ3n) is 4.51. The molecule has 0 bridgehead atoms. The number of pyridine rings is 1. The number of anilines is 2. The van der Waals surface area contributed by atoms with Crippen molar-refractivity contribution >= 4 is 23.5 Å². The molecule has 3 N–H and O–H groups in total. The van der Waals surface area contributed by atoms with E-state index in [-0.39, 0.29) is 18.5 Å². The highest BCUT2D eigenvalue weighted by Crippen LogP contribution is 2.40. The fourth-order valence-corrected chi connectivity index (χ4v) is 3.21. The number of fused-ring (bicyclic) bond motifs is 3. The smallest absolute Gasteiger partial charge is 0.415 e. The van der Waals surface area contributed by atoms with Gasteiger partial charge in [-0.15, -0.1) is 0 Å². The zero-order valence-electron chi connectivity index (χ0n) is 14.1. The van der Waals surface area contributed by atoms with Crippen LogP contribution in [0.25, 0.3) is 11.1 Å². The summed E-state index contributed by atoms with van der Waals surface area (Å²) in [7, 11) is 0. The van der Waals surface area contributed by atoms with Gasteiger partial charge in [0.2, 0.25) is 5.91 Å². The molecule has 2 aliphatic rings. The SMILES string of the molecule is CC(=O)NC[C@@H]1OC(=O)N2c3ccc(-c4ccc(N)nc4)cc3OC[C@@H]12. The van der Waals surface area contributed by atoms with Crippen LogP contribution < -0.4 is 20.7 Å². The molecule has 0 unspecified atom stereocenters. The Morgan fingerprint density at radius 1 is 1.35 bits per heavy atom. The molecule has 1 saturated heterocycles. The topological polar surface area (TPSA) is 107 Å². The third kappa shape index (κ3) is 2.79. The number of aromatic nitrogens is 1. The molecule has 2 atom stereocenters. The molecule has 0 spiro atoms. The fraction of sp³-hybridized carbons (Fsp3) is 0.278. The minimum absolute atomic E-state index is 0.168. The highest BCUT2D eigenvalue weighted by molar-refractivity contribution is 5.94. The maximum atomic E-state index is 12.3. The number of carbonyl (C=O) groups is 2. The van der Waals surface area contributed by atoms with E-state index >= 15 is 0 Å². The van der Waals surface area contributed by atoms with Crippen molar-refractivity contribution in [3.05, 3.63) is 36.5 Å². The maximum absolute atomic E-state index is 12.3. The molecule has 1 fully saturated rings. The molecule has 8 nitrogen and oxygen atoms in total. The number of benzene rings is 1. The van der Waals surface area contributed by atoms with Crippen LogP contribution in [0.2, 0.25) is 0 Å². The van der Waals surface area contributed by atoms with Gasteiger partial charge in [-0.25, -0.2) is 9.78 Å². The summed E-state index contributed by atoms with van der Waals surface area (Å²) < 4.78 is 11.3. The van der Waals surface area contributed by atoms with Crippen molar-refractivity contribution in [1.29, 1.82) is 0 Å². The first kappa shape index (κ1) is 16.2. The van der Waals surface area contributed by atoms with Crippen LogP contribution in [0, 0.1) is 0 Å². The second-order valence-corrected chi connectivity index (χ2v) is 6.26. The Balaban J connectivity index is 1.61. The normalized spacial score (nSPS) is 20.7. The number of ether oxygens (including phenoxy) is 2. The standard InChI is InChI=1S/C18H18N4O4/c1-10(23)20-8-16-14-9-25-15-6-11(12-3-5-17(19)21-7-12)2-4-13(15)22(14)18(24)26-16/h2-7,14,16H,8-9H2,1H3,(H2,19,21)(H,20,23)/t14-,16-/m0/s1. The molecule has 134 valence electrons. The largest absolute Gasteiger partial charge is 0.489 e. The Kier molecular flexibility index (Phi) is 3.87. The van der Waals surface area contributed by atoms with E-state index in [4.69, 9.17) is 15.2 Å². The average molecular weight is 354 g/mol. The first-order valence-electron chi connectivity index (χ1n) is 8.26. The Hall–Kier alpha value is -3.29. The van der Waals surface area contributed by atoms with Gasteiger partial charge in [0.1, 0.15) is 30.3 Å². The first-order valence-corrected chi connectivity index (χ1v) is 8.26. The number of nitrogens with one attached hydrogen (secondary N) is 1. The second-order valence-electron chi connectivity index (χ2n) is 6.26. The molecule has 2 aromatic rings. The van der Waals surface area contributed by atoms with E-state index in [1.807, 2.05) is 24.3 Å². The number of carbonyl (C=O) groups excluding carboxylic acids is 2. The molecule has 26 heavy (non-hydrogen) atoms. The van der Waals surface area contributed by atoms with E-state index in [0.717, 1.165) is 11.1 Å². The molecular formula is C18H18N4O4. The second kappa shape index (κ2) is 6.21. The van der Waals surface area contributed by atoms with E-state index in [2.05, 4.69) is 10.3 Å². The van der Waals surface area contributed by atoms with Crippen molar-refractivity contribution in [2.75, 3.05) is 23.8 Å². The van der Waals surface area contributed by atoms with Gasteiger partial charge < -0.3 is 20.5 Å². The van der Waals surface area contributed by atoms with Gasteiger partial charge in [-0.2, -0.15) is 0 Å². The Morgan fingerprint density at radius 2 is 2.15 bits per heavy atom. The number of nitrogens with two attached hydrogens (primary N) is 1. The van der Waals surface area contributed by atoms with Gasteiger partial charge in [-0.05, 0) is 29.8 Å². The van der Waals surface area contributed by atoms with Gasteiger partial charge in [0, 0.05) is 18.7 Å². The monoisotopic (exact) mass is 354 g/mol. The summed E-state index contributed by atoms with van der Waals surface area (Å²) in [6.45, 7) is 1.98. The Morgan fingerprint density at radius 3 is 2.88 bits per heavy atom. The molecule has 0 saturated carbocycles. The predicted molar refractivity (Wildman–Crippen MR) is 94.8 cm³/mol. The summed E-state index contributed by atoms with van der Waals surface area (Å²) in [6, 6.07) is 8.93. The Labute approximate surface area is 149 Å². The van der Waals surface area contributed by atoms with Crippen LogP contribution in [0.15, 0.2) is 36.5 Å². The maximum Gasteiger partial charge on any atom is 0.415 e. The molecule has 4 rings (SSSR count). The summed E-state index contributed by atoms with van der Waals surface area (Å²) in [5.74, 6) is 0.891. The minimum atomic E-state index is -0.444. The van der Waals surface area contributed by atoms with E-state index in [0.29, 0.717) is 23.9 Å². The number of nitrogen functional groups attached to an aromatic ring is 1.